The first-order valence-corrected chi connectivity index (χ1v) is 5.97. The van der Waals surface area contributed by atoms with Crippen molar-refractivity contribution in [3.8, 4) is 0 Å². The number of nitrogens with one attached hydrogen (secondary N) is 1. The van der Waals surface area contributed by atoms with E-state index in [-0.39, 0.29) is 6.04 Å². The second-order valence-corrected chi connectivity index (χ2v) is 4.41. The third kappa shape index (κ3) is 2.91. The van der Waals surface area contributed by atoms with Crippen molar-refractivity contribution < 1.29 is 0 Å². The van der Waals surface area contributed by atoms with E-state index in [4.69, 9.17) is 5.84 Å². The zero-order valence-electron chi connectivity index (χ0n) is 10.6. The topological polar surface area (TPSA) is 81.7 Å². The van der Waals surface area contributed by atoms with Crippen LogP contribution in [-0.2, 0) is 6.42 Å². The standard InChI is InChI=1S/C12H18N6/c1-9(2)18-7-4-10(17-18)8-11(16-13)12-14-5-3-6-15-12/h3-7,9,11,16H,8,13H2,1-2H3. The highest BCUT2D eigenvalue weighted by Crippen LogP contribution is 2.13. The molecule has 2 heterocycles. The largest absolute Gasteiger partial charge is 0.271 e. The van der Waals surface area contributed by atoms with Crippen molar-refractivity contribution in [1.82, 2.24) is 25.2 Å². The van der Waals surface area contributed by atoms with E-state index in [9.17, 15) is 0 Å². The normalized spacial score (nSPS) is 12.9. The number of hydrogen-bond acceptors (Lipinski definition) is 5. The lowest BCUT2D eigenvalue weighted by Gasteiger charge is -2.12. The van der Waals surface area contributed by atoms with Crippen LogP contribution < -0.4 is 11.3 Å². The first kappa shape index (κ1) is 12.7. The molecule has 0 saturated heterocycles. The minimum atomic E-state index is -0.123. The van der Waals surface area contributed by atoms with E-state index in [0.29, 0.717) is 18.3 Å². The van der Waals surface area contributed by atoms with Crippen molar-refractivity contribution in [3.63, 3.8) is 0 Å². The molecule has 6 nitrogen and oxygen atoms in total. The zero-order chi connectivity index (χ0) is 13.0. The Bertz CT molecular complexity index is 478. The van der Waals surface area contributed by atoms with Crippen molar-refractivity contribution in [2.24, 2.45) is 5.84 Å². The third-order valence-electron chi connectivity index (χ3n) is 2.70. The fraction of sp³-hybridized carbons (Fsp3) is 0.417. The summed E-state index contributed by atoms with van der Waals surface area (Å²) in [6, 6.07) is 4.01. The van der Waals surface area contributed by atoms with Crippen LogP contribution >= 0.6 is 0 Å². The van der Waals surface area contributed by atoms with Crippen LogP contribution in [0.25, 0.3) is 0 Å². The van der Waals surface area contributed by atoms with Gasteiger partial charge < -0.3 is 0 Å². The second kappa shape index (κ2) is 5.70. The van der Waals surface area contributed by atoms with Gasteiger partial charge in [0.1, 0.15) is 5.82 Å². The summed E-state index contributed by atoms with van der Waals surface area (Å²) in [5.41, 5.74) is 3.70. The van der Waals surface area contributed by atoms with Gasteiger partial charge in [0.25, 0.3) is 0 Å². The van der Waals surface area contributed by atoms with E-state index in [2.05, 4.69) is 34.3 Å². The number of aromatic nitrogens is 4. The Labute approximate surface area is 106 Å². The first-order valence-electron chi connectivity index (χ1n) is 5.97. The van der Waals surface area contributed by atoms with Gasteiger partial charge in [0.05, 0.1) is 11.7 Å². The second-order valence-electron chi connectivity index (χ2n) is 4.41. The lowest BCUT2D eigenvalue weighted by Crippen LogP contribution is -2.31. The predicted octanol–water partition coefficient (Wildman–Crippen LogP) is 1.00. The molecule has 1 unspecified atom stereocenters. The van der Waals surface area contributed by atoms with Gasteiger partial charge in [-0.25, -0.2) is 15.4 Å². The monoisotopic (exact) mass is 246 g/mol. The van der Waals surface area contributed by atoms with E-state index in [1.807, 2.05) is 16.9 Å². The Hall–Kier alpha value is -1.79. The molecule has 2 aromatic heterocycles. The van der Waals surface area contributed by atoms with Gasteiger partial charge in [-0.15, -0.1) is 0 Å². The van der Waals surface area contributed by atoms with Crippen molar-refractivity contribution in [1.29, 1.82) is 0 Å². The molecule has 96 valence electrons. The van der Waals surface area contributed by atoms with Gasteiger partial charge >= 0.3 is 0 Å². The fourth-order valence-corrected chi connectivity index (χ4v) is 1.70. The Balaban J connectivity index is 2.10. The van der Waals surface area contributed by atoms with E-state index >= 15 is 0 Å². The molecule has 0 saturated carbocycles. The van der Waals surface area contributed by atoms with Crippen LogP contribution in [0.2, 0.25) is 0 Å². The van der Waals surface area contributed by atoms with Gasteiger partial charge in [-0.2, -0.15) is 5.10 Å². The smallest absolute Gasteiger partial charge is 0.146 e. The molecule has 0 aliphatic rings. The van der Waals surface area contributed by atoms with Crippen molar-refractivity contribution in [2.45, 2.75) is 32.4 Å². The van der Waals surface area contributed by atoms with Crippen LogP contribution in [-0.4, -0.2) is 19.7 Å². The molecule has 0 aliphatic heterocycles. The summed E-state index contributed by atoms with van der Waals surface area (Å²) in [7, 11) is 0. The summed E-state index contributed by atoms with van der Waals surface area (Å²) in [4.78, 5) is 8.40. The average Bonchev–Trinajstić information content (AvgIpc) is 2.86. The molecule has 0 fully saturated rings. The molecule has 2 rings (SSSR count). The maximum Gasteiger partial charge on any atom is 0.146 e. The predicted molar refractivity (Wildman–Crippen MR) is 68.4 cm³/mol. The molecule has 6 heteroatoms. The maximum atomic E-state index is 5.55. The molecule has 1 atom stereocenters. The fourth-order valence-electron chi connectivity index (χ4n) is 1.70. The van der Waals surface area contributed by atoms with Crippen LogP contribution in [0, 0.1) is 0 Å². The highest BCUT2D eigenvalue weighted by molar-refractivity contribution is 5.06. The number of nitrogens with two attached hydrogens (primary N) is 1. The number of nitrogens with zero attached hydrogens (tertiary/aromatic N) is 4. The summed E-state index contributed by atoms with van der Waals surface area (Å²) in [5, 5.41) is 4.49. The van der Waals surface area contributed by atoms with Gasteiger partial charge in [0, 0.05) is 31.1 Å². The molecular formula is C12H18N6. The van der Waals surface area contributed by atoms with Crippen LogP contribution in [0.15, 0.2) is 30.7 Å². The van der Waals surface area contributed by atoms with Gasteiger partial charge in [0.2, 0.25) is 0 Å². The highest BCUT2D eigenvalue weighted by Gasteiger charge is 2.14. The van der Waals surface area contributed by atoms with Crippen LogP contribution in [0.4, 0.5) is 0 Å². The number of rotatable bonds is 5. The molecule has 18 heavy (non-hydrogen) atoms. The Morgan fingerprint density at radius 2 is 2.06 bits per heavy atom. The molecular weight excluding hydrogens is 228 g/mol. The Morgan fingerprint density at radius 1 is 1.33 bits per heavy atom. The number of hydrogen-bond donors (Lipinski definition) is 2. The molecule has 0 spiro atoms. The molecule has 0 bridgehead atoms. The molecule has 3 N–H and O–H groups in total. The van der Waals surface area contributed by atoms with Gasteiger partial charge in [0.15, 0.2) is 0 Å². The SMILES string of the molecule is CC(C)n1ccc(CC(NN)c2ncccn2)n1. The van der Waals surface area contributed by atoms with E-state index in [1.54, 1.807) is 18.5 Å². The minimum absolute atomic E-state index is 0.123. The summed E-state index contributed by atoms with van der Waals surface area (Å²) >= 11 is 0. The van der Waals surface area contributed by atoms with Gasteiger partial charge in [-0.3, -0.25) is 10.5 Å². The van der Waals surface area contributed by atoms with Crippen molar-refractivity contribution in [2.75, 3.05) is 0 Å². The lowest BCUT2D eigenvalue weighted by molar-refractivity contribution is 0.494. The first-order chi connectivity index (χ1) is 8.70. The minimum Gasteiger partial charge on any atom is -0.271 e. The highest BCUT2D eigenvalue weighted by atomic mass is 15.3. The van der Waals surface area contributed by atoms with E-state index in [0.717, 1.165) is 5.69 Å². The zero-order valence-corrected chi connectivity index (χ0v) is 10.6. The van der Waals surface area contributed by atoms with E-state index < -0.39 is 0 Å². The van der Waals surface area contributed by atoms with Crippen molar-refractivity contribution in [3.05, 3.63) is 42.2 Å². The van der Waals surface area contributed by atoms with Crippen LogP contribution in [0.3, 0.4) is 0 Å². The molecule has 0 aromatic carbocycles. The summed E-state index contributed by atoms with van der Waals surface area (Å²) in [6.45, 7) is 4.19. The average molecular weight is 246 g/mol. The molecule has 0 amide bonds. The molecule has 0 radical (unpaired) electrons. The van der Waals surface area contributed by atoms with Crippen LogP contribution in [0.1, 0.15) is 37.4 Å². The number of hydrazine groups is 1. The summed E-state index contributed by atoms with van der Waals surface area (Å²) in [5.74, 6) is 6.23. The maximum absolute atomic E-state index is 5.55. The summed E-state index contributed by atoms with van der Waals surface area (Å²) < 4.78 is 1.93. The van der Waals surface area contributed by atoms with E-state index in [1.165, 1.54) is 0 Å². The Morgan fingerprint density at radius 3 is 2.61 bits per heavy atom. The van der Waals surface area contributed by atoms with Gasteiger partial charge in [-0.05, 0) is 26.0 Å². The Kier molecular flexibility index (Phi) is 4.01. The quantitative estimate of drug-likeness (QED) is 0.607. The van der Waals surface area contributed by atoms with Crippen molar-refractivity contribution >= 4 is 0 Å². The van der Waals surface area contributed by atoms with Gasteiger partial charge in [-0.1, -0.05) is 0 Å². The molecule has 2 aromatic rings. The lowest BCUT2D eigenvalue weighted by atomic mass is 10.1. The van der Waals surface area contributed by atoms with Crippen LogP contribution in [0.5, 0.6) is 0 Å². The molecule has 0 aliphatic carbocycles. The summed E-state index contributed by atoms with van der Waals surface area (Å²) in [6.07, 6.45) is 6.05. The third-order valence-corrected chi connectivity index (χ3v) is 2.70.